The molecule has 0 saturated carbocycles. The van der Waals surface area contributed by atoms with Crippen LogP contribution in [-0.2, 0) is 14.8 Å². The summed E-state index contributed by atoms with van der Waals surface area (Å²) in [6.07, 6.45) is 1.87. The molecule has 2 fully saturated rings. The van der Waals surface area contributed by atoms with Crippen molar-refractivity contribution in [1.29, 1.82) is 0 Å². The van der Waals surface area contributed by atoms with Gasteiger partial charge in [-0.05, 0) is 31.4 Å². The Morgan fingerprint density at radius 3 is 2.58 bits per heavy atom. The summed E-state index contributed by atoms with van der Waals surface area (Å²) in [6, 6.07) is 7.63. The molecule has 4 rings (SSSR count). The van der Waals surface area contributed by atoms with Gasteiger partial charge < -0.3 is 9.72 Å². The Morgan fingerprint density at radius 1 is 1.12 bits per heavy atom. The van der Waals surface area contributed by atoms with Crippen molar-refractivity contribution in [2.24, 2.45) is 0 Å². The number of ether oxygens (including phenoxy) is 1. The van der Waals surface area contributed by atoms with E-state index in [1.807, 2.05) is 24.3 Å². The van der Waals surface area contributed by atoms with Crippen LogP contribution in [0.2, 0.25) is 0 Å². The number of benzene rings is 1. The summed E-state index contributed by atoms with van der Waals surface area (Å²) in [5.74, 6) is 0. The van der Waals surface area contributed by atoms with Gasteiger partial charge in [-0.1, -0.05) is 12.1 Å². The fourth-order valence-electron chi connectivity index (χ4n) is 3.75. The van der Waals surface area contributed by atoms with Gasteiger partial charge >= 0.3 is 5.69 Å². The molecule has 130 valence electrons. The van der Waals surface area contributed by atoms with Crippen molar-refractivity contribution in [2.75, 3.05) is 26.3 Å². The number of piperidine rings is 1. The number of hydrogen-bond donors (Lipinski definition) is 1. The predicted molar refractivity (Wildman–Crippen MR) is 90.5 cm³/mol. The highest BCUT2D eigenvalue weighted by atomic mass is 32.2. The number of sulfonamides is 1. The quantitative estimate of drug-likeness (QED) is 0.897. The lowest BCUT2D eigenvalue weighted by atomic mass is 10.1. The molecule has 1 aromatic carbocycles. The van der Waals surface area contributed by atoms with Gasteiger partial charge in [-0.15, -0.1) is 0 Å². The molecule has 24 heavy (non-hydrogen) atoms. The van der Waals surface area contributed by atoms with E-state index in [-0.39, 0.29) is 11.7 Å². The maximum absolute atomic E-state index is 12.6. The molecular weight excluding hydrogens is 330 g/mol. The van der Waals surface area contributed by atoms with Crippen LogP contribution in [0, 0.1) is 0 Å². The molecule has 2 aliphatic rings. The highest BCUT2D eigenvalue weighted by Gasteiger charge is 2.37. The van der Waals surface area contributed by atoms with Crippen molar-refractivity contribution in [2.45, 2.75) is 30.6 Å². The molecule has 1 N–H and O–H groups in total. The van der Waals surface area contributed by atoms with Crippen LogP contribution in [0.15, 0.2) is 29.1 Å². The lowest BCUT2D eigenvalue weighted by Gasteiger charge is -2.33. The molecule has 0 radical (unpaired) electrons. The van der Waals surface area contributed by atoms with Gasteiger partial charge in [-0.25, -0.2) is 17.5 Å². The minimum atomic E-state index is -3.29. The third-order valence-corrected chi connectivity index (χ3v) is 7.38. The summed E-state index contributed by atoms with van der Waals surface area (Å²) in [4.78, 5) is 15.2. The lowest BCUT2D eigenvalue weighted by Crippen LogP contribution is -2.44. The summed E-state index contributed by atoms with van der Waals surface area (Å²) >= 11 is 0. The van der Waals surface area contributed by atoms with Crippen LogP contribution in [0.1, 0.15) is 25.3 Å². The van der Waals surface area contributed by atoms with E-state index in [0.29, 0.717) is 45.6 Å². The minimum absolute atomic E-state index is 0.0277. The summed E-state index contributed by atoms with van der Waals surface area (Å²) in [5.41, 5.74) is 1.58. The summed E-state index contributed by atoms with van der Waals surface area (Å²) in [7, 11) is -3.29. The molecule has 0 bridgehead atoms. The van der Waals surface area contributed by atoms with E-state index in [0.717, 1.165) is 11.0 Å². The Balaban J connectivity index is 1.54. The second-order valence-electron chi connectivity index (χ2n) is 6.48. The topological polar surface area (TPSA) is 84.4 Å². The second-order valence-corrected chi connectivity index (χ2v) is 8.69. The molecule has 0 spiro atoms. The predicted octanol–water partition coefficient (Wildman–Crippen LogP) is 1.09. The van der Waals surface area contributed by atoms with E-state index < -0.39 is 15.3 Å². The van der Waals surface area contributed by atoms with E-state index in [9.17, 15) is 13.2 Å². The average Bonchev–Trinajstić information content (AvgIpc) is 3.22. The number of H-pyrrole nitrogens is 1. The van der Waals surface area contributed by atoms with Crippen LogP contribution in [0.25, 0.3) is 11.0 Å². The van der Waals surface area contributed by atoms with Gasteiger partial charge in [0.1, 0.15) is 5.25 Å². The van der Waals surface area contributed by atoms with Crippen molar-refractivity contribution >= 4 is 21.1 Å². The Labute approximate surface area is 140 Å². The van der Waals surface area contributed by atoms with E-state index in [4.69, 9.17) is 4.74 Å². The Bertz CT molecular complexity index is 887. The highest BCUT2D eigenvalue weighted by Crippen LogP contribution is 2.28. The van der Waals surface area contributed by atoms with E-state index in [1.165, 1.54) is 0 Å². The number of aromatic amines is 1. The van der Waals surface area contributed by atoms with Crippen LogP contribution in [0.5, 0.6) is 0 Å². The molecule has 2 aliphatic heterocycles. The number of nitrogens with one attached hydrogen (secondary N) is 1. The van der Waals surface area contributed by atoms with Crippen LogP contribution < -0.4 is 5.69 Å². The van der Waals surface area contributed by atoms with Crippen molar-refractivity contribution in [3.8, 4) is 0 Å². The first-order valence-electron chi connectivity index (χ1n) is 8.33. The van der Waals surface area contributed by atoms with Crippen LogP contribution in [0.4, 0.5) is 0 Å². The standard InChI is InChI=1S/C16H21N3O4S/c20-16-17-14-3-1-2-4-15(14)19(16)12-5-8-18(9-6-12)24(21,22)13-7-10-23-11-13/h1-4,12-13H,5-11H2,(H,17,20). The first-order valence-corrected chi connectivity index (χ1v) is 9.83. The first kappa shape index (κ1) is 15.9. The maximum atomic E-state index is 12.6. The van der Waals surface area contributed by atoms with Gasteiger partial charge in [0.15, 0.2) is 0 Å². The Morgan fingerprint density at radius 2 is 1.88 bits per heavy atom. The number of nitrogens with zero attached hydrogens (tertiary/aromatic N) is 2. The van der Waals surface area contributed by atoms with Gasteiger partial charge in [0.25, 0.3) is 0 Å². The SMILES string of the molecule is O=c1[nH]c2ccccc2n1C1CCN(S(=O)(=O)C2CCOC2)CC1. The summed E-state index contributed by atoms with van der Waals surface area (Å²) in [6.45, 7) is 1.72. The van der Waals surface area contributed by atoms with Crippen LogP contribution in [0.3, 0.4) is 0 Å². The number of imidazole rings is 1. The molecule has 1 unspecified atom stereocenters. The van der Waals surface area contributed by atoms with Crippen molar-refractivity contribution in [3.63, 3.8) is 0 Å². The highest BCUT2D eigenvalue weighted by molar-refractivity contribution is 7.89. The Kier molecular flexibility index (Phi) is 3.98. The maximum Gasteiger partial charge on any atom is 0.326 e. The summed E-state index contributed by atoms with van der Waals surface area (Å²) in [5, 5.41) is -0.412. The van der Waals surface area contributed by atoms with E-state index in [1.54, 1.807) is 8.87 Å². The fourth-order valence-corrected chi connectivity index (χ4v) is 5.55. The zero-order valence-corrected chi connectivity index (χ0v) is 14.2. The van der Waals surface area contributed by atoms with Crippen LogP contribution >= 0.6 is 0 Å². The van der Waals surface area contributed by atoms with Crippen molar-refractivity contribution in [3.05, 3.63) is 34.7 Å². The van der Waals surface area contributed by atoms with Crippen molar-refractivity contribution in [1.82, 2.24) is 13.9 Å². The smallest absolute Gasteiger partial charge is 0.326 e. The molecule has 1 atom stereocenters. The van der Waals surface area contributed by atoms with Crippen LogP contribution in [-0.4, -0.2) is 53.8 Å². The average molecular weight is 351 g/mol. The molecular formula is C16H21N3O4S. The van der Waals surface area contributed by atoms with Crippen molar-refractivity contribution < 1.29 is 13.2 Å². The number of rotatable bonds is 3. The molecule has 3 heterocycles. The largest absolute Gasteiger partial charge is 0.380 e. The molecule has 8 heteroatoms. The third kappa shape index (κ3) is 2.58. The van der Waals surface area contributed by atoms with E-state index in [2.05, 4.69) is 4.98 Å². The zero-order chi connectivity index (χ0) is 16.7. The molecule has 0 aliphatic carbocycles. The number of para-hydroxylation sites is 2. The Hall–Kier alpha value is -1.64. The third-order valence-electron chi connectivity index (χ3n) is 5.08. The molecule has 2 aromatic rings. The fraction of sp³-hybridized carbons (Fsp3) is 0.562. The first-order chi connectivity index (χ1) is 11.6. The zero-order valence-electron chi connectivity index (χ0n) is 13.3. The van der Waals surface area contributed by atoms with Gasteiger partial charge in [0.2, 0.25) is 10.0 Å². The molecule has 0 amide bonds. The molecule has 7 nitrogen and oxygen atoms in total. The van der Waals surface area contributed by atoms with Gasteiger partial charge in [0, 0.05) is 25.7 Å². The second kappa shape index (κ2) is 6.02. The lowest BCUT2D eigenvalue weighted by molar-refractivity contribution is 0.197. The van der Waals surface area contributed by atoms with Gasteiger partial charge in [0.05, 0.1) is 17.6 Å². The number of hydrogen-bond acceptors (Lipinski definition) is 4. The normalized spacial score (nSPS) is 23.9. The number of fused-ring (bicyclic) bond motifs is 1. The molecule has 1 aromatic heterocycles. The monoisotopic (exact) mass is 351 g/mol. The molecule has 2 saturated heterocycles. The summed E-state index contributed by atoms with van der Waals surface area (Å²) < 4.78 is 33.8. The minimum Gasteiger partial charge on any atom is -0.380 e. The van der Waals surface area contributed by atoms with E-state index >= 15 is 0 Å². The van der Waals surface area contributed by atoms with Gasteiger partial charge in [-0.2, -0.15) is 0 Å². The number of aromatic nitrogens is 2. The van der Waals surface area contributed by atoms with Gasteiger partial charge in [-0.3, -0.25) is 4.57 Å².